The molecule has 1 rings (SSSR count). The van der Waals surface area contributed by atoms with Gasteiger partial charge in [-0.1, -0.05) is 13.0 Å². The van der Waals surface area contributed by atoms with Crippen LogP contribution < -0.4 is 5.32 Å². The van der Waals surface area contributed by atoms with Crippen LogP contribution in [0.3, 0.4) is 0 Å². The van der Waals surface area contributed by atoms with Gasteiger partial charge in [0.15, 0.2) is 0 Å². The van der Waals surface area contributed by atoms with Crippen molar-refractivity contribution in [1.82, 2.24) is 10.2 Å². The highest BCUT2D eigenvalue weighted by Gasteiger charge is 2.28. The first-order valence-electron chi connectivity index (χ1n) is 9.15. The van der Waals surface area contributed by atoms with E-state index in [2.05, 4.69) is 5.32 Å². The maximum atomic E-state index is 13.0. The van der Waals surface area contributed by atoms with Crippen molar-refractivity contribution in [1.29, 1.82) is 0 Å². The van der Waals surface area contributed by atoms with Gasteiger partial charge in [0.25, 0.3) is 11.6 Å². The van der Waals surface area contributed by atoms with Gasteiger partial charge in [-0.15, -0.1) is 0 Å². The monoisotopic (exact) mass is 425 g/mol. The normalized spacial score (nSPS) is 12.6. The number of hydrogen-bond donors (Lipinski definition) is 1. The molecule has 1 aromatic rings. The predicted molar refractivity (Wildman–Crippen MR) is 111 cm³/mol. The molecule has 1 aromatic carbocycles. The number of nitrogens with one attached hydrogen (secondary N) is 1. The number of ether oxygens (including phenoxy) is 1. The first kappa shape index (κ1) is 24.4. The highest BCUT2D eigenvalue weighted by atomic mass is 32.2. The molecule has 160 valence electrons. The molecule has 0 aliphatic rings. The lowest BCUT2D eigenvalue weighted by molar-refractivity contribution is -0.384. The van der Waals surface area contributed by atoms with Crippen molar-refractivity contribution in [3.63, 3.8) is 0 Å². The summed E-state index contributed by atoms with van der Waals surface area (Å²) in [4.78, 5) is 49.1. The Balaban J connectivity index is 2.98. The average Bonchev–Trinajstić information content (AvgIpc) is 2.73. The Morgan fingerprint density at radius 1 is 1.34 bits per heavy atom. The number of carbonyl (C=O) groups excluding carboxylic acids is 3. The molecule has 0 heterocycles. The fraction of sp³-hybridized carbons (Fsp3) is 0.526. The van der Waals surface area contributed by atoms with Crippen LogP contribution in [0.25, 0.3) is 0 Å². The topological polar surface area (TPSA) is 119 Å². The highest BCUT2D eigenvalue weighted by Crippen LogP contribution is 2.14. The Morgan fingerprint density at radius 2 is 2.03 bits per heavy atom. The fourth-order valence-corrected chi connectivity index (χ4v) is 3.17. The smallest absolute Gasteiger partial charge is 0.310 e. The number of benzene rings is 1. The van der Waals surface area contributed by atoms with Crippen LogP contribution in [0.5, 0.6) is 0 Å². The second kappa shape index (κ2) is 12.1. The summed E-state index contributed by atoms with van der Waals surface area (Å²) in [6, 6.07) is 4.53. The third-order valence-corrected chi connectivity index (χ3v) is 4.97. The first-order chi connectivity index (χ1) is 13.7. The molecule has 0 spiro atoms. The molecule has 0 saturated carbocycles. The lowest BCUT2D eigenvalue weighted by atomic mass is 10.1. The van der Waals surface area contributed by atoms with E-state index in [4.69, 9.17) is 4.74 Å². The second-order valence-corrected chi connectivity index (χ2v) is 7.40. The largest absolute Gasteiger partial charge is 0.469 e. The Kier molecular flexibility index (Phi) is 10.1. The Hall–Kier alpha value is -2.62. The minimum absolute atomic E-state index is 0.104. The molecular weight excluding hydrogens is 398 g/mol. The minimum atomic E-state index is -0.806. The Labute approximate surface area is 174 Å². The molecule has 2 amide bonds. The maximum Gasteiger partial charge on any atom is 0.310 e. The van der Waals surface area contributed by atoms with Crippen molar-refractivity contribution in [2.75, 3.05) is 32.2 Å². The fourth-order valence-electron chi connectivity index (χ4n) is 2.70. The van der Waals surface area contributed by atoms with Crippen molar-refractivity contribution in [2.45, 2.75) is 26.3 Å². The summed E-state index contributed by atoms with van der Waals surface area (Å²) < 4.78 is 4.71. The molecule has 9 nitrogen and oxygen atoms in total. The van der Waals surface area contributed by atoms with Gasteiger partial charge in [-0.3, -0.25) is 24.5 Å². The number of non-ortho nitro benzene ring substituents is 1. The van der Waals surface area contributed by atoms with E-state index in [9.17, 15) is 24.5 Å². The van der Waals surface area contributed by atoms with Crippen LogP contribution in [0, 0.1) is 16.0 Å². The molecule has 2 atom stereocenters. The average molecular weight is 426 g/mol. The molecule has 2 unspecified atom stereocenters. The molecule has 0 bridgehead atoms. The Bertz CT molecular complexity index is 742. The third-order valence-electron chi connectivity index (χ3n) is 4.32. The molecule has 10 heteroatoms. The van der Waals surface area contributed by atoms with E-state index >= 15 is 0 Å². The van der Waals surface area contributed by atoms with Crippen molar-refractivity contribution >= 4 is 35.2 Å². The van der Waals surface area contributed by atoms with Crippen LogP contribution in [0.2, 0.25) is 0 Å². The van der Waals surface area contributed by atoms with Gasteiger partial charge < -0.3 is 15.0 Å². The molecule has 29 heavy (non-hydrogen) atoms. The van der Waals surface area contributed by atoms with Crippen LogP contribution >= 0.6 is 11.8 Å². The SMILES string of the molecule is CCN(CC(C)C(=O)OC)C(=O)C(CCSC)NC(=O)c1cccc([N+](=O)[O-])c1. The van der Waals surface area contributed by atoms with Crippen molar-refractivity contribution < 1.29 is 24.0 Å². The third kappa shape index (κ3) is 7.37. The molecule has 0 fully saturated rings. The van der Waals surface area contributed by atoms with Gasteiger partial charge >= 0.3 is 5.97 Å². The summed E-state index contributed by atoms with van der Waals surface area (Å²) >= 11 is 1.53. The van der Waals surface area contributed by atoms with Gasteiger partial charge in [0, 0.05) is 30.8 Å². The van der Waals surface area contributed by atoms with Gasteiger partial charge in [-0.05, 0) is 31.4 Å². The number of amides is 2. The van der Waals surface area contributed by atoms with E-state index in [1.54, 1.807) is 13.8 Å². The van der Waals surface area contributed by atoms with Gasteiger partial charge in [0.2, 0.25) is 5.91 Å². The summed E-state index contributed by atoms with van der Waals surface area (Å²) in [5.41, 5.74) is -0.0983. The van der Waals surface area contributed by atoms with Gasteiger partial charge in [0.05, 0.1) is 18.0 Å². The van der Waals surface area contributed by atoms with Crippen LogP contribution in [0.15, 0.2) is 24.3 Å². The summed E-state index contributed by atoms with van der Waals surface area (Å²) in [5, 5.41) is 13.6. The number of rotatable bonds is 11. The van der Waals surface area contributed by atoms with Crippen molar-refractivity contribution in [2.24, 2.45) is 5.92 Å². The van der Waals surface area contributed by atoms with E-state index in [1.807, 2.05) is 6.26 Å². The van der Waals surface area contributed by atoms with Crippen LogP contribution in [-0.4, -0.2) is 65.9 Å². The molecule has 0 radical (unpaired) electrons. The van der Waals surface area contributed by atoms with E-state index in [1.165, 1.54) is 48.0 Å². The van der Waals surface area contributed by atoms with E-state index in [0.29, 0.717) is 18.7 Å². The van der Waals surface area contributed by atoms with Crippen LogP contribution in [-0.2, 0) is 14.3 Å². The zero-order chi connectivity index (χ0) is 22.0. The summed E-state index contributed by atoms with van der Waals surface area (Å²) in [5.74, 6) is -1.16. The molecule has 1 N–H and O–H groups in total. The zero-order valence-electron chi connectivity index (χ0n) is 17.0. The number of thioether (sulfide) groups is 1. The minimum Gasteiger partial charge on any atom is -0.469 e. The molecule has 0 aliphatic heterocycles. The second-order valence-electron chi connectivity index (χ2n) is 6.42. The summed E-state index contributed by atoms with van der Waals surface area (Å²) in [6.07, 6.45) is 2.28. The maximum absolute atomic E-state index is 13.0. The van der Waals surface area contributed by atoms with E-state index < -0.39 is 28.8 Å². The van der Waals surface area contributed by atoms with Gasteiger partial charge in [-0.25, -0.2) is 0 Å². The summed E-state index contributed by atoms with van der Waals surface area (Å²) in [6.45, 7) is 3.99. The zero-order valence-corrected chi connectivity index (χ0v) is 17.9. The number of nitrogens with zero attached hydrogens (tertiary/aromatic N) is 2. The lowest BCUT2D eigenvalue weighted by Crippen LogP contribution is -2.50. The number of methoxy groups -OCH3 is 1. The van der Waals surface area contributed by atoms with Crippen molar-refractivity contribution in [3.05, 3.63) is 39.9 Å². The molecular formula is C19H27N3O6S. The summed E-state index contributed by atoms with van der Waals surface area (Å²) in [7, 11) is 1.29. The lowest BCUT2D eigenvalue weighted by Gasteiger charge is -2.28. The number of esters is 1. The first-order valence-corrected chi connectivity index (χ1v) is 10.5. The number of hydrogen-bond acceptors (Lipinski definition) is 7. The van der Waals surface area contributed by atoms with Gasteiger partial charge in [-0.2, -0.15) is 11.8 Å². The van der Waals surface area contributed by atoms with Crippen LogP contribution in [0.1, 0.15) is 30.6 Å². The number of carbonyl (C=O) groups is 3. The Morgan fingerprint density at radius 3 is 2.59 bits per heavy atom. The van der Waals surface area contributed by atoms with Gasteiger partial charge in [0.1, 0.15) is 6.04 Å². The van der Waals surface area contributed by atoms with E-state index in [0.717, 1.165) is 0 Å². The molecule has 0 aliphatic carbocycles. The van der Waals surface area contributed by atoms with E-state index in [-0.39, 0.29) is 23.7 Å². The molecule has 0 aromatic heterocycles. The number of nitro groups is 1. The van der Waals surface area contributed by atoms with Crippen LogP contribution in [0.4, 0.5) is 5.69 Å². The highest BCUT2D eigenvalue weighted by molar-refractivity contribution is 7.98. The standard InChI is InChI=1S/C19H27N3O6S/c1-5-21(12-13(2)19(25)28-3)18(24)16(9-10-29-4)20-17(23)14-7-6-8-15(11-14)22(26)27/h6-8,11,13,16H,5,9-10,12H2,1-4H3,(H,20,23). The quantitative estimate of drug-likeness (QED) is 0.328. The van der Waals surface area contributed by atoms with Crippen molar-refractivity contribution in [3.8, 4) is 0 Å². The number of likely N-dealkylation sites (N-methyl/N-ethyl adjacent to an activating group) is 1. The molecule has 0 saturated heterocycles. The number of nitro benzene ring substituents is 1. The predicted octanol–water partition coefficient (Wildman–Crippen LogP) is 2.10.